The van der Waals surface area contributed by atoms with E-state index < -0.39 is 26.6 Å². The number of nitrogens with zero attached hydrogens (tertiary/aromatic N) is 4. The summed E-state index contributed by atoms with van der Waals surface area (Å²) in [6.07, 6.45) is 4.96. The van der Waals surface area contributed by atoms with Crippen LogP contribution < -0.4 is 9.46 Å². The molecule has 0 aliphatic heterocycles. The number of aryl methyl sites for hydroxylation is 1. The first-order valence-electron chi connectivity index (χ1n) is 8.90. The average Bonchev–Trinajstić information content (AvgIpc) is 3.26. The maximum Gasteiger partial charge on any atom is 0.261 e. The van der Waals surface area contributed by atoms with Gasteiger partial charge in [-0.05, 0) is 49.4 Å². The molecule has 0 saturated heterocycles. The molecule has 0 spiro atoms. The van der Waals surface area contributed by atoms with Gasteiger partial charge in [0.1, 0.15) is 23.7 Å². The minimum absolute atomic E-state index is 0.218. The highest BCUT2D eigenvalue weighted by Crippen LogP contribution is 2.24. The van der Waals surface area contributed by atoms with Gasteiger partial charge in [-0.3, -0.25) is 9.29 Å². The smallest absolute Gasteiger partial charge is 0.261 e. The molecule has 31 heavy (non-hydrogen) atoms. The molecule has 0 bridgehead atoms. The van der Waals surface area contributed by atoms with Gasteiger partial charge in [-0.25, -0.2) is 27.2 Å². The molecule has 0 atom stereocenters. The first-order chi connectivity index (χ1) is 14.8. The Bertz CT molecular complexity index is 1330. The summed E-state index contributed by atoms with van der Waals surface area (Å²) in [5, 5.41) is 0. The zero-order chi connectivity index (χ0) is 22.0. The molecule has 8 nitrogen and oxygen atoms in total. The highest BCUT2D eigenvalue weighted by molar-refractivity contribution is 7.92. The molecule has 0 unspecified atom stereocenters. The summed E-state index contributed by atoms with van der Waals surface area (Å²) in [4.78, 5) is 12.1. The summed E-state index contributed by atoms with van der Waals surface area (Å²) < 4.78 is 60.9. The van der Waals surface area contributed by atoms with Gasteiger partial charge in [0.25, 0.3) is 10.0 Å². The summed E-state index contributed by atoms with van der Waals surface area (Å²) in [6, 6.07) is 10.00. The molecule has 2 aromatic carbocycles. The number of aromatic nitrogens is 4. The van der Waals surface area contributed by atoms with Crippen LogP contribution in [-0.4, -0.2) is 27.9 Å². The van der Waals surface area contributed by atoms with Gasteiger partial charge in [-0.2, -0.15) is 4.98 Å². The van der Waals surface area contributed by atoms with Crippen molar-refractivity contribution in [1.82, 2.24) is 19.5 Å². The molecule has 0 fully saturated rings. The molecule has 0 saturated carbocycles. The minimum atomic E-state index is -4.09. The number of benzene rings is 2. The second-order valence-corrected chi connectivity index (χ2v) is 8.07. The van der Waals surface area contributed by atoms with Gasteiger partial charge in [-0.15, -0.1) is 0 Å². The Hall–Kier alpha value is -3.86. The van der Waals surface area contributed by atoms with E-state index in [0.717, 1.165) is 12.1 Å². The van der Waals surface area contributed by atoms with Gasteiger partial charge in [0, 0.05) is 24.1 Å². The summed E-state index contributed by atoms with van der Waals surface area (Å²) in [6.45, 7) is 1.73. The van der Waals surface area contributed by atoms with E-state index >= 15 is 0 Å². The lowest BCUT2D eigenvalue weighted by atomic mass is 10.3. The van der Waals surface area contributed by atoms with E-state index in [4.69, 9.17) is 4.74 Å². The zero-order valence-corrected chi connectivity index (χ0v) is 16.8. The number of anilines is 1. The van der Waals surface area contributed by atoms with Crippen LogP contribution in [0, 0.1) is 18.6 Å². The van der Waals surface area contributed by atoms with Crippen molar-refractivity contribution in [3.8, 4) is 17.4 Å². The fourth-order valence-electron chi connectivity index (χ4n) is 2.67. The van der Waals surface area contributed by atoms with Gasteiger partial charge in [0.05, 0.1) is 4.90 Å². The Kier molecular flexibility index (Phi) is 5.34. The normalized spacial score (nSPS) is 11.3. The van der Waals surface area contributed by atoms with Crippen molar-refractivity contribution in [2.24, 2.45) is 0 Å². The van der Waals surface area contributed by atoms with Gasteiger partial charge in [0.15, 0.2) is 11.6 Å². The fourth-order valence-corrected chi connectivity index (χ4v) is 3.74. The number of ether oxygens (including phenoxy) is 1. The number of nitrogens with one attached hydrogen (secondary N) is 1. The number of hydrogen-bond donors (Lipinski definition) is 1. The summed E-state index contributed by atoms with van der Waals surface area (Å²) in [5.74, 6) is -0.594. The first kappa shape index (κ1) is 20.4. The monoisotopic (exact) mass is 443 g/mol. The second-order valence-electron chi connectivity index (χ2n) is 6.39. The number of sulfonamides is 1. The van der Waals surface area contributed by atoms with Crippen LogP contribution in [0.2, 0.25) is 0 Å². The summed E-state index contributed by atoms with van der Waals surface area (Å²) in [7, 11) is -4.09. The average molecular weight is 443 g/mol. The van der Waals surface area contributed by atoms with E-state index in [2.05, 4.69) is 19.7 Å². The van der Waals surface area contributed by atoms with Crippen LogP contribution in [0.25, 0.3) is 5.82 Å². The summed E-state index contributed by atoms with van der Waals surface area (Å²) >= 11 is 0. The maximum absolute atomic E-state index is 13.4. The highest BCUT2D eigenvalue weighted by Gasteiger charge is 2.17. The Morgan fingerprint density at radius 3 is 2.45 bits per heavy atom. The van der Waals surface area contributed by atoms with E-state index in [1.54, 1.807) is 36.3 Å². The zero-order valence-electron chi connectivity index (χ0n) is 16.0. The van der Waals surface area contributed by atoms with E-state index in [-0.39, 0.29) is 5.69 Å². The van der Waals surface area contributed by atoms with E-state index in [0.29, 0.717) is 29.3 Å². The van der Waals surface area contributed by atoms with Crippen LogP contribution in [-0.2, 0) is 10.0 Å². The fraction of sp³-hybridized carbons (Fsp3) is 0.0500. The lowest BCUT2D eigenvalue weighted by molar-refractivity contribution is 0.459. The molecule has 2 aromatic heterocycles. The van der Waals surface area contributed by atoms with E-state index in [9.17, 15) is 17.2 Å². The molecule has 11 heteroatoms. The van der Waals surface area contributed by atoms with Crippen molar-refractivity contribution in [2.45, 2.75) is 11.8 Å². The molecule has 158 valence electrons. The predicted molar refractivity (Wildman–Crippen MR) is 108 cm³/mol. The molecule has 0 aliphatic carbocycles. The summed E-state index contributed by atoms with van der Waals surface area (Å²) in [5.41, 5.74) is 0.218. The minimum Gasteiger partial charge on any atom is -0.439 e. The van der Waals surface area contributed by atoms with E-state index in [1.165, 1.54) is 24.3 Å². The lowest BCUT2D eigenvalue weighted by Crippen LogP contribution is -2.13. The Morgan fingerprint density at radius 1 is 1.00 bits per heavy atom. The van der Waals surface area contributed by atoms with Gasteiger partial charge in [-0.1, -0.05) is 0 Å². The Morgan fingerprint density at radius 2 is 1.77 bits per heavy atom. The van der Waals surface area contributed by atoms with Crippen molar-refractivity contribution in [3.63, 3.8) is 0 Å². The third-order valence-corrected chi connectivity index (χ3v) is 5.48. The molecular formula is C20H15F2N5O3S. The molecule has 1 N–H and O–H groups in total. The van der Waals surface area contributed by atoms with Crippen molar-refractivity contribution >= 4 is 15.7 Å². The largest absolute Gasteiger partial charge is 0.439 e. The number of imidazole rings is 1. The molecule has 0 aliphatic rings. The van der Waals surface area contributed by atoms with E-state index in [1.807, 2.05) is 0 Å². The number of hydrogen-bond acceptors (Lipinski definition) is 6. The third-order valence-electron chi connectivity index (χ3n) is 4.10. The first-order valence-corrected chi connectivity index (χ1v) is 10.4. The van der Waals surface area contributed by atoms with Crippen LogP contribution in [0.1, 0.15) is 5.82 Å². The maximum atomic E-state index is 13.4. The predicted octanol–water partition coefficient (Wildman–Crippen LogP) is 3.84. The van der Waals surface area contributed by atoms with Crippen LogP contribution in [0.15, 0.2) is 72.1 Å². The molecular weight excluding hydrogens is 428 g/mol. The van der Waals surface area contributed by atoms with Crippen molar-refractivity contribution in [2.75, 3.05) is 4.72 Å². The lowest BCUT2D eigenvalue weighted by Gasteiger charge is -2.10. The topological polar surface area (TPSA) is 99.0 Å². The van der Waals surface area contributed by atoms with Crippen LogP contribution in [0.5, 0.6) is 11.6 Å². The van der Waals surface area contributed by atoms with Crippen LogP contribution in [0.3, 0.4) is 0 Å². The highest BCUT2D eigenvalue weighted by atomic mass is 32.2. The SMILES string of the molecule is Cc1nc(Oc2ccc(NS(=O)(=O)c3ccc(F)c(F)c3)cc2)cc(-n2ccnc2)n1. The van der Waals surface area contributed by atoms with Crippen LogP contribution in [0.4, 0.5) is 14.5 Å². The van der Waals surface area contributed by atoms with Crippen molar-refractivity contribution < 1.29 is 21.9 Å². The molecule has 2 heterocycles. The number of halogens is 2. The van der Waals surface area contributed by atoms with Gasteiger partial charge < -0.3 is 4.74 Å². The standard InChI is InChI=1S/C20H15F2N5O3S/c1-13-24-19(27-9-8-23-12-27)11-20(25-13)30-15-4-2-14(3-5-15)26-31(28,29)16-6-7-17(21)18(22)10-16/h2-12,26H,1H3. The van der Waals surface area contributed by atoms with Crippen LogP contribution >= 0.6 is 0 Å². The molecule has 4 aromatic rings. The van der Waals surface area contributed by atoms with Gasteiger partial charge >= 0.3 is 0 Å². The molecule has 0 radical (unpaired) electrons. The molecule has 0 amide bonds. The van der Waals surface area contributed by atoms with Gasteiger partial charge in [0.2, 0.25) is 5.88 Å². The quantitative estimate of drug-likeness (QED) is 0.486. The third kappa shape index (κ3) is 4.67. The Labute approximate surface area is 176 Å². The Balaban J connectivity index is 1.50. The number of rotatable bonds is 6. The molecule has 4 rings (SSSR count). The van der Waals surface area contributed by atoms with Crippen molar-refractivity contribution in [1.29, 1.82) is 0 Å². The second kappa shape index (κ2) is 8.11. The van der Waals surface area contributed by atoms with Crippen molar-refractivity contribution in [3.05, 3.63) is 84.7 Å².